The Bertz CT molecular complexity index is 1370. The van der Waals surface area contributed by atoms with Gasteiger partial charge in [0, 0.05) is 56.4 Å². The number of nitrogens with zero attached hydrogens (tertiary/aromatic N) is 3. The van der Waals surface area contributed by atoms with Crippen LogP contribution < -0.4 is 10.1 Å². The zero-order chi connectivity index (χ0) is 25.6. The Hall–Kier alpha value is -3.81. The molecule has 1 aliphatic heterocycles. The van der Waals surface area contributed by atoms with Crippen LogP contribution in [0.4, 0.5) is 4.39 Å². The number of rotatable bonds is 8. The molecule has 0 saturated carbocycles. The Morgan fingerprint density at radius 3 is 2.54 bits per heavy atom. The SMILES string of the molecule is CN1CCN(Cc2cc(-c3ccc(F)cc3)ccc2OCC(=O)NCc2cnc3ccccc3c2)CC1. The highest BCUT2D eigenvalue weighted by Crippen LogP contribution is 2.28. The molecule has 1 amide bonds. The molecule has 0 spiro atoms. The third-order valence-electron chi connectivity index (χ3n) is 6.72. The number of likely N-dealkylation sites (N-methyl/N-ethyl adjacent to an activating group) is 1. The number of pyridine rings is 1. The lowest BCUT2D eigenvalue weighted by molar-refractivity contribution is -0.123. The van der Waals surface area contributed by atoms with Gasteiger partial charge in [0.25, 0.3) is 5.91 Å². The highest BCUT2D eigenvalue weighted by atomic mass is 19.1. The third-order valence-corrected chi connectivity index (χ3v) is 6.72. The second kappa shape index (κ2) is 11.5. The van der Waals surface area contributed by atoms with Gasteiger partial charge in [0.05, 0.1) is 5.52 Å². The fourth-order valence-electron chi connectivity index (χ4n) is 4.52. The number of hydrogen-bond acceptors (Lipinski definition) is 5. The summed E-state index contributed by atoms with van der Waals surface area (Å²) in [5.74, 6) is 0.237. The number of halogens is 1. The van der Waals surface area contributed by atoms with Crippen LogP contribution in [0, 0.1) is 5.82 Å². The number of aromatic nitrogens is 1. The zero-order valence-corrected chi connectivity index (χ0v) is 21.0. The molecule has 7 heteroatoms. The lowest BCUT2D eigenvalue weighted by atomic mass is 10.0. The van der Waals surface area contributed by atoms with E-state index in [-0.39, 0.29) is 18.3 Å². The number of ether oxygens (including phenoxy) is 1. The summed E-state index contributed by atoms with van der Waals surface area (Å²) in [4.78, 5) is 21.8. The van der Waals surface area contributed by atoms with Gasteiger partial charge in [-0.2, -0.15) is 0 Å². The fraction of sp³-hybridized carbons (Fsp3) is 0.267. The van der Waals surface area contributed by atoms with Crippen molar-refractivity contribution in [2.24, 2.45) is 0 Å². The largest absolute Gasteiger partial charge is 0.483 e. The molecule has 0 aliphatic carbocycles. The number of benzene rings is 3. The summed E-state index contributed by atoms with van der Waals surface area (Å²) in [5, 5.41) is 3.97. The van der Waals surface area contributed by atoms with Crippen molar-refractivity contribution in [1.29, 1.82) is 0 Å². The molecular formula is C30H31FN4O2. The maximum absolute atomic E-state index is 13.4. The normalized spacial score (nSPS) is 14.5. The molecule has 1 saturated heterocycles. The molecule has 190 valence electrons. The maximum Gasteiger partial charge on any atom is 0.258 e. The first-order valence-corrected chi connectivity index (χ1v) is 12.6. The van der Waals surface area contributed by atoms with Gasteiger partial charge in [-0.25, -0.2) is 4.39 Å². The number of nitrogens with one attached hydrogen (secondary N) is 1. The molecule has 0 radical (unpaired) electrons. The van der Waals surface area contributed by atoms with E-state index in [9.17, 15) is 9.18 Å². The fourth-order valence-corrected chi connectivity index (χ4v) is 4.52. The molecular weight excluding hydrogens is 467 g/mol. The molecule has 2 heterocycles. The Balaban J connectivity index is 1.25. The second-order valence-corrected chi connectivity index (χ2v) is 9.51. The maximum atomic E-state index is 13.4. The van der Waals surface area contributed by atoms with Crippen LogP contribution >= 0.6 is 0 Å². The smallest absolute Gasteiger partial charge is 0.258 e. The van der Waals surface area contributed by atoms with Crippen LogP contribution in [0.2, 0.25) is 0 Å². The number of carbonyl (C=O) groups excluding carboxylic acids is 1. The van der Waals surface area contributed by atoms with Crippen LogP contribution in [-0.4, -0.2) is 60.5 Å². The molecule has 3 aromatic carbocycles. The minimum atomic E-state index is -0.258. The average molecular weight is 499 g/mol. The molecule has 0 atom stereocenters. The van der Waals surface area contributed by atoms with Gasteiger partial charge >= 0.3 is 0 Å². The van der Waals surface area contributed by atoms with E-state index in [0.717, 1.165) is 65.9 Å². The van der Waals surface area contributed by atoms with E-state index in [1.807, 2.05) is 42.5 Å². The van der Waals surface area contributed by atoms with Crippen LogP contribution in [0.15, 0.2) is 79.0 Å². The van der Waals surface area contributed by atoms with Crippen molar-refractivity contribution in [2.45, 2.75) is 13.1 Å². The van der Waals surface area contributed by atoms with E-state index in [0.29, 0.717) is 12.3 Å². The number of fused-ring (bicyclic) bond motifs is 1. The van der Waals surface area contributed by atoms with Crippen LogP contribution in [0.25, 0.3) is 22.0 Å². The van der Waals surface area contributed by atoms with E-state index in [1.54, 1.807) is 18.3 Å². The van der Waals surface area contributed by atoms with E-state index in [2.05, 4.69) is 33.2 Å². The molecule has 1 aromatic heterocycles. The topological polar surface area (TPSA) is 57.7 Å². The number of para-hydroxylation sites is 1. The Kier molecular flexibility index (Phi) is 7.73. The van der Waals surface area contributed by atoms with Crippen molar-refractivity contribution in [3.63, 3.8) is 0 Å². The summed E-state index contributed by atoms with van der Waals surface area (Å²) in [6.07, 6.45) is 1.78. The van der Waals surface area contributed by atoms with Crippen molar-refractivity contribution >= 4 is 16.8 Å². The first kappa shape index (κ1) is 24.9. The third kappa shape index (κ3) is 6.50. The van der Waals surface area contributed by atoms with Gasteiger partial charge in [0.1, 0.15) is 11.6 Å². The quantitative estimate of drug-likeness (QED) is 0.388. The van der Waals surface area contributed by atoms with Crippen molar-refractivity contribution in [3.8, 4) is 16.9 Å². The van der Waals surface area contributed by atoms with E-state index >= 15 is 0 Å². The lowest BCUT2D eigenvalue weighted by Gasteiger charge is -2.32. The molecule has 6 nitrogen and oxygen atoms in total. The molecule has 4 aromatic rings. The van der Waals surface area contributed by atoms with Gasteiger partial charge in [0.15, 0.2) is 6.61 Å². The molecule has 0 unspecified atom stereocenters. The first-order chi connectivity index (χ1) is 18.0. The van der Waals surface area contributed by atoms with Crippen molar-refractivity contribution in [3.05, 3.63) is 95.9 Å². The van der Waals surface area contributed by atoms with Crippen molar-refractivity contribution in [2.75, 3.05) is 39.8 Å². The molecule has 1 fully saturated rings. The number of amides is 1. The number of hydrogen-bond donors (Lipinski definition) is 1. The van der Waals surface area contributed by atoms with Gasteiger partial charge in [0.2, 0.25) is 0 Å². The molecule has 1 N–H and O–H groups in total. The van der Waals surface area contributed by atoms with Gasteiger partial charge < -0.3 is 15.0 Å². The summed E-state index contributed by atoms with van der Waals surface area (Å²) >= 11 is 0. The summed E-state index contributed by atoms with van der Waals surface area (Å²) in [7, 11) is 2.13. The van der Waals surface area contributed by atoms with Gasteiger partial charge in [-0.05, 0) is 60.1 Å². The van der Waals surface area contributed by atoms with E-state index in [4.69, 9.17) is 4.74 Å². The number of piperazine rings is 1. The van der Waals surface area contributed by atoms with Gasteiger partial charge in [-0.1, -0.05) is 36.4 Å². The van der Waals surface area contributed by atoms with E-state index < -0.39 is 0 Å². The Morgan fingerprint density at radius 1 is 0.973 bits per heavy atom. The monoisotopic (exact) mass is 498 g/mol. The summed E-state index contributed by atoms with van der Waals surface area (Å²) in [6.45, 7) is 5.00. The summed E-state index contributed by atoms with van der Waals surface area (Å²) < 4.78 is 19.4. The molecule has 1 aliphatic rings. The number of carbonyl (C=O) groups is 1. The Labute approximate surface area is 216 Å². The molecule has 5 rings (SSSR count). The average Bonchev–Trinajstić information content (AvgIpc) is 2.92. The van der Waals surface area contributed by atoms with Crippen LogP contribution in [0.3, 0.4) is 0 Å². The predicted octanol–water partition coefficient (Wildman–Crippen LogP) is 4.48. The van der Waals surface area contributed by atoms with Crippen LogP contribution in [-0.2, 0) is 17.9 Å². The van der Waals surface area contributed by atoms with Gasteiger partial charge in [-0.3, -0.25) is 14.7 Å². The lowest BCUT2D eigenvalue weighted by Crippen LogP contribution is -2.43. The standard InChI is InChI=1S/C30H31FN4O2/c1-34-12-14-35(15-13-34)20-26-17-24(23-6-9-27(31)10-7-23)8-11-29(26)37-21-30(36)33-19-22-16-25-4-2-3-5-28(25)32-18-22/h2-11,16-18H,12-15,19-21H2,1H3,(H,33,36). The highest BCUT2D eigenvalue weighted by Gasteiger charge is 2.17. The van der Waals surface area contributed by atoms with Crippen LogP contribution in [0.5, 0.6) is 5.75 Å². The van der Waals surface area contributed by atoms with Gasteiger partial charge in [-0.15, -0.1) is 0 Å². The van der Waals surface area contributed by atoms with Crippen molar-refractivity contribution < 1.29 is 13.9 Å². The summed E-state index contributed by atoms with van der Waals surface area (Å²) in [5.41, 5.74) is 4.81. The summed E-state index contributed by atoms with van der Waals surface area (Å²) in [6, 6.07) is 22.4. The van der Waals surface area contributed by atoms with E-state index in [1.165, 1.54) is 12.1 Å². The zero-order valence-electron chi connectivity index (χ0n) is 21.0. The minimum Gasteiger partial charge on any atom is -0.483 e. The van der Waals surface area contributed by atoms with Crippen molar-refractivity contribution in [1.82, 2.24) is 20.1 Å². The first-order valence-electron chi connectivity index (χ1n) is 12.6. The highest BCUT2D eigenvalue weighted by molar-refractivity contribution is 5.80. The molecule has 0 bridgehead atoms. The predicted molar refractivity (Wildman–Crippen MR) is 144 cm³/mol. The minimum absolute atomic E-state index is 0.0767. The Morgan fingerprint density at radius 2 is 1.73 bits per heavy atom. The second-order valence-electron chi connectivity index (χ2n) is 9.51. The van der Waals surface area contributed by atoms with Crippen LogP contribution in [0.1, 0.15) is 11.1 Å². The molecule has 37 heavy (non-hydrogen) atoms.